The molecule has 2 rings (SSSR count). The third-order valence-electron chi connectivity index (χ3n) is 2.67. The maximum Gasteiger partial charge on any atom is 0.240 e. The van der Waals surface area contributed by atoms with Gasteiger partial charge in [0.05, 0.1) is 11.0 Å². The first-order valence-electron chi connectivity index (χ1n) is 5.04. The highest BCUT2D eigenvalue weighted by molar-refractivity contribution is 5.84. The number of fused-ring (bicyclic) bond motifs is 1. The van der Waals surface area contributed by atoms with Crippen molar-refractivity contribution >= 4 is 22.9 Å². The molecule has 0 aliphatic carbocycles. The van der Waals surface area contributed by atoms with E-state index in [0.717, 1.165) is 16.6 Å². The van der Waals surface area contributed by atoms with Crippen LogP contribution in [0.4, 0.5) is 5.95 Å². The molecule has 1 unspecified atom stereocenters. The Morgan fingerprint density at radius 3 is 2.81 bits per heavy atom. The van der Waals surface area contributed by atoms with Crippen LogP contribution in [0.25, 0.3) is 11.0 Å². The van der Waals surface area contributed by atoms with Gasteiger partial charge in [0.1, 0.15) is 6.04 Å². The Morgan fingerprint density at radius 2 is 2.19 bits per heavy atom. The standard InChI is InChI=1S/C11H14N4O/c1-6-3-4-9-8(5-6)14-11(13)15(9)7(2)10(12)16/h3-5,7H,1-2H3,(H2,12,16)(H2,13,14). The van der Waals surface area contributed by atoms with Gasteiger partial charge in [0, 0.05) is 0 Å². The van der Waals surface area contributed by atoms with E-state index in [-0.39, 0.29) is 0 Å². The van der Waals surface area contributed by atoms with Gasteiger partial charge < -0.3 is 11.5 Å². The van der Waals surface area contributed by atoms with Crippen LogP contribution in [0.15, 0.2) is 18.2 Å². The van der Waals surface area contributed by atoms with Gasteiger partial charge in [-0.2, -0.15) is 0 Å². The number of anilines is 1. The summed E-state index contributed by atoms with van der Waals surface area (Å²) in [5.41, 5.74) is 13.8. The van der Waals surface area contributed by atoms with E-state index in [2.05, 4.69) is 4.98 Å². The Hall–Kier alpha value is -2.04. The van der Waals surface area contributed by atoms with Crippen molar-refractivity contribution < 1.29 is 4.79 Å². The number of carbonyl (C=O) groups excluding carboxylic acids is 1. The third-order valence-corrected chi connectivity index (χ3v) is 2.67. The Labute approximate surface area is 93.1 Å². The predicted molar refractivity (Wildman–Crippen MR) is 62.8 cm³/mol. The molecule has 84 valence electrons. The lowest BCUT2D eigenvalue weighted by Gasteiger charge is -2.11. The van der Waals surface area contributed by atoms with Crippen molar-refractivity contribution in [3.8, 4) is 0 Å². The Kier molecular flexibility index (Phi) is 2.30. The number of nitrogen functional groups attached to an aromatic ring is 1. The maximum atomic E-state index is 11.2. The van der Waals surface area contributed by atoms with Crippen molar-refractivity contribution in [3.05, 3.63) is 23.8 Å². The van der Waals surface area contributed by atoms with Gasteiger partial charge in [-0.25, -0.2) is 4.98 Å². The zero-order valence-corrected chi connectivity index (χ0v) is 9.27. The minimum Gasteiger partial charge on any atom is -0.369 e. The zero-order chi connectivity index (χ0) is 11.9. The lowest BCUT2D eigenvalue weighted by molar-refractivity contribution is -0.120. The summed E-state index contributed by atoms with van der Waals surface area (Å²) >= 11 is 0. The minimum atomic E-state index is -0.493. The molecule has 0 saturated carbocycles. The number of aromatic nitrogens is 2. The van der Waals surface area contributed by atoms with Crippen LogP contribution < -0.4 is 11.5 Å². The number of carbonyl (C=O) groups is 1. The molecule has 16 heavy (non-hydrogen) atoms. The van der Waals surface area contributed by atoms with Gasteiger partial charge in [0.15, 0.2) is 0 Å². The summed E-state index contributed by atoms with van der Waals surface area (Å²) in [6.07, 6.45) is 0. The van der Waals surface area contributed by atoms with Crippen LogP contribution in [0.3, 0.4) is 0 Å². The number of benzene rings is 1. The van der Waals surface area contributed by atoms with Gasteiger partial charge in [-0.3, -0.25) is 9.36 Å². The first-order chi connectivity index (χ1) is 7.50. The molecular formula is C11H14N4O. The molecule has 1 aromatic carbocycles. The SMILES string of the molecule is Cc1ccc2c(c1)nc(N)n2C(C)C(N)=O. The highest BCUT2D eigenvalue weighted by Gasteiger charge is 2.17. The molecule has 0 spiro atoms. The van der Waals surface area contributed by atoms with E-state index in [1.165, 1.54) is 0 Å². The second kappa shape index (κ2) is 3.52. The van der Waals surface area contributed by atoms with Gasteiger partial charge in [-0.1, -0.05) is 6.07 Å². The van der Waals surface area contributed by atoms with Crippen LogP contribution in [-0.2, 0) is 4.79 Å². The predicted octanol–water partition coefficient (Wildman–Crippen LogP) is 0.973. The summed E-state index contributed by atoms with van der Waals surface area (Å²) < 4.78 is 1.65. The summed E-state index contributed by atoms with van der Waals surface area (Å²) in [6, 6.07) is 5.28. The van der Waals surface area contributed by atoms with Crippen LogP contribution in [-0.4, -0.2) is 15.5 Å². The number of hydrogen-bond acceptors (Lipinski definition) is 3. The third kappa shape index (κ3) is 1.50. The van der Waals surface area contributed by atoms with Gasteiger partial charge >= 0.3 is 0 Å². The number of amides is 1. The summed E-state index contributed by atoms with van der Waals surface area (Å²) in [5, 5.41) is 0. The van der Waals surface area contributed by atoms with Crippen molar-refractivity contribution in [1.82, 2.24) is 9.55 Å². The molecule has 0 fully saturated rings. The molecule has 2 aromatic rings. The van der Waals surface area contributed by atoms with Gasteiger partial charge in [-0.05, 0) is 31.5 Å². The molecule has 0 saturated heterocycles. The molecular weight excluding hydrogens is 204 g/mol. The minimum absolute atomic E-state index is 0.312. The topological polar surface area (TPSA) is 86.9 Å². The number of aryl methyl sites for hydroxylation is 1. The van der Waals surface area contributed by atoms with E-state index in [4.69, 9.17) is 11.5 Å². The molecule has 5 nitrogen and oxygen atoms in total. The molecule has 4 N–H and O–H groups in total. The molecule has 0 aliphatic heterocycles. The molecule has 0 radical (unpaired) electrons. The number of primary amides is 1. The Balaban J connectivity index is 2.69. The normalized spacial score (nSPS) is 12.9. The van der Waals surface area contributed by atoms with E-state index in [0.29, 0.717) is 5.95 Å². The smallest absolute Gasteiger partial charge is 0.240 e. The lowest BCUT2D eigenvalue weighted by atomic mass is 10.2. The van der Waals surface area contributed by atoms with Gasteiger partial charge in [0.2, 0.25) is 11.9 Å². The van der Waals surface area contributed by atoms with Crippen molar-refractivity contribution in [2.24, 2.45) is 5.73 Å². The molecule has 1 atom stereocenters. The first-order valence-corrected chi connectivity index (χ1v) is 5.04. The van der Waals surface area contributed by atoms with Crippen molar-refractivity contribution in [3.63, 3.8) is 0 Å². The van der Waals surface area contributed by atoms with Crippen LogP contribution in [0.1, 0.15) is 18.5 Å². The molecule has 1 aromatic heterocycles. The van der Waals surface area contributed by atoms with E-state index in [1.54, 1.807) is 11.5 Å². The highest BCUT2D eigenvalue weighted by atomic mass is 16.1. The van der Waals surface area contributed by atoms with Gasteiger partial charge in [0.25, 0.3) is 0 Å². The number of nitrogens with zero attached hydrogens (tertiary/aromatic N) is 2. The monoisotopic (exact) mass is 218 g/mol. The molecule has 0 bridgehead atoms. The fraction of sp³-hybridized carbons (Fsp3) is 0.273. The van der Waals surface area contributed by atoms with Crippen LogP contribution >= 0.6 is 0 Å². The summed E-state index contributed by atoms with van der Waals surface area (Å²) in [4.78, 5) is 15.4. The van der Waals surface area contributed by atoms with E-state index in [1.807, 2.05) is 25.1 Å². The van der Waals surface area contributed by atoms with Crippen LogP contribution in [0, 0.1) is 6.92 Å². The highest BCUT2D eigenvalue weighted by Crippen LogP contribution is 2.23. The Morgan fingerprint density at radius 1 is 1.50 bits per heavy atom. The molecule has 1 heterocycles. The quantitative estimate of drug-likeness (QED) is 0.787. The summed E-state index contributed by atoms with van der Waals surface area (Å²) in [5.74, 6) is -0.113. The second-order valence-electron chi connectivity index (χ2n) is 3.91. The number of imidazole rings is 1. The number of nitrogens with two attached hydrogens (primary N) is 2. The van der Waals surface area contributed by atoms with Crippen LogP contribution in [0.2, 0.25) is 0 Å². The average molecular weight is 218 g/mol. The van der Waals surface area contributed by atoms with E-state index in [9.17, 15) is 4.79 Å². The van der Waals surface area contributed by atoms with E-state index < -0.39 is 11.9 Å². The molecule has 0 aliphatic rings. The van der Waals surface area contributed by atoms with Gasteiger partial charge in [-0.15, -0.1) is 0 Å². The molecule has 5 heteroatoms. The zero-order valence-electron chi connectivity index (χ0n) is 9.27. The van der Waals surface area contributed by atoms with E-state index >= 15 is 0 Å². The Bertz CT molecular complexity index is 558. The number of hydrogen-bond donors (Lipinski definition) is 2. The molecule has 1 amide bonds. The average Bonchev–Trinajstić information content (AvgIpc) is 2.51. The largest absolute Gasteiger partial charge is 0.369 e. The fourth-order valence-corrected chi connectivity index (χ4v) is 1.76. The van der Waals surface area contributed by atoms with Crippen molar-refractivity contribution in [2.45, 2.75) is 19.9 Å². The summed E-state index contributed by atoms with van der Waals surface area (Å²) in [6.45, 7) is 3.69. The second-order valence-corrected chi connectivity index (χ2v) is 3.91. The fourth-order valence-electron chi connectivity index (χ4n) is 1.76. The summed E-state index contributed by atoms with van der Waals surface area (Å²) in [7, 11) is 0. The first kappa shape index (κ1) is 10.5. The van der Waals surface area contributed by atoms with Crippen molar-refractivity contribution in [2.75, 3.05) is 5.73 Å². The lowest BCUT2D eigenvalue weighted by Crippen LogP contribution is -2.24. The maximum absolute atomic E-state index is 11.2. The van der Waals surface area contributed by atoms with Crippen LogP contribution in [0.5, 0.6) is 0 Å². The van der Waals surface area contributed by atoms with Crippen molar-refractivity contribution in [1.29, 1.82) is 0 Å². The number of rotatable bonds is 2.